The van der Waals surface area contributed by atoms with E-state index in [0.29, 0.717) is 16.7 Å². The van der Waals surface area contributed by atoms with Gasteiger partial charge in [-0.15, -0.1) is 0 Å². The largest absolute Gasteiger partial charge is 0.416 e. The van der Waals surface area contributed by atoms with Crippen LogP contribution < -0.4 is 17.0 Å². The Morgan fingerprint density at radius 2 is 1.94 bits per heavy atom. The van der Waals surface area contributed by atoms with Crippen molar-refractivity contribution >= 4 is 17.6 Å². The summed E-state index contributed by atoms with van der Waals surface area (Å²) in [5, 5.41) is 1.30. The van der Waals surface area contributed by atoms with E-state index in [1.807, 2.05) is 0 Å². The Morgan fingerprint density at radius 3 is 2.47 bits per heavy atom. The Hall–Kier alpha value is -3.21. The lowest BCUT2D eigenvalue weighted by atomic mass is 9.80. The van der Waals surface area contributed by atoms with Crippen LogP contribution in [0.1, 0.15) is 30.2 Å². The number of pyridine rings is 1. The molecule has 34 heavy (non-hydrogen) atoms. The van der Waals surface area contributed by atoms with E-state index in [9.17, 15) is 17.6 Å². The Bertz CT molecular complexity index is 1090. The van der Waals surface area contributed by atoms with Gasteiger partial charge in [0.1, 0.15) is 11.4 Å². The van der Waals surface area contributed by atoms with Crippen LogP contribution in [0.25, 0.3) is 0 Å². The van der Waals surface area contributed by atoms with Crippen molar-refractivity contribution in [2.24, 2.45) is 16.6 Å². The normalized spacial score (nSPS) is 15.0. The smallest absolute Gasteiger partial charge is 0.369 e. The van der Waals surface area contributed by atoms with Crippen molar-refractivity contribution in [3.63, 3.8) is 0 Å². The maximum atomic E-state index is 14.5. The van der Waals surface area contributed by atoms with Crippen LogP contribution in [0.3, 0.4) is 0 Å². The van der Waals surface area contributed by atoms with Gasteiger partial charge in [0.15, 0.2) is 0 Å². The molecule has 1 aromatic heterocycles. The van der Waals surface area contributed by atoms with Crippen LogP contribution in [0.5, 0.6) is 0 Å². The minimum atomic E-state index is -4.80. The maximum Gasteiger partial charge on any atom is 0.416 e. The van der Waals surface area contributed by atoms with Gasteiger partial charge in [-0.25, -0.2) is 9.38 Å². The van der Waals surface area contributed by atoms with Gasteiger partial charge < -0.3 is 5.73 Å². The molecule has 2 rings (SSSR count). The molecular weight excluding hydrogens is 472 g/mol. The van der Waals surface area contributed by atoms with E-state index >= 15 is 0 Å². The fourth-order valence-electron chi connectivity index (χ4n) is 3.36. The van der Waals surface area contributed by atoms with Crippen LogP contribution in [0.2, 0.25) is 5.02 Å². The molecule has 0 fully saturated rings. The average Bonchev–Trinajstić information content (AvgIpc) is 2.72. The number of nitrogens with one attached hydrogen (secondary N) is 1. The number of alkyl halides is 3. The van der Waals surface area contributed by atoms with Crippen molar-refractivity contribution in [1.82, 2.24) is 15.5 Å². The Labute approximate surface area is 200 Å². The second kappa shape index (κ2) is 11.3. The monoisotopic (exact) mass is 496 g/mol. The van der Waals surface area contributed by atoms with Crippen LogP contribution in [0.15, 0.2) is 78.0 Å². The van der Waals surface area contributed by atoms with Gasteiger partial charge in [0.25, 0.3) is 0 Å². The predicted octanol–water partition coefficient (Wildman–Crippen LogP) is 4.84. The molecule has 1 atom stereocenters. The molecule has 0 saturated heterocycles. The molecule has 0 amide bonds. The van der Waals surface area contributed by atoms with Crippen molar-refractivity contribution in [2.45, 2.75) is 25.1 Å². The van der Waals surface area contributed by atoms with Gasteiger partial charge in [-0.2, -0.15) is 18.3 Å². The number of hydrogen-bond donors (Lipinski definition) is 3. The molecule has 0 saturated carbocycles. The molecule has 2 aromatic rings. The molecule has 1 unspecified atom stereocenters. The standard InChI is InChI=1S/C23H25ClF4N6/c1-4-6-15(7-5-2)13-22(32-21(29)33-34(3)30,20-9-8-18(24)14-31-20)16-10-17(23(26,27)28)12-19(25)11-16/h4-12,14H,1,13,30H2,2-3H3,(H3,29,32,33)/b7-5-,15-6+. The molecule has 1 aromatic carbocycles. The summed E-state index contributed by atoms with van der Waals surface area (Å²) >= 11 is 5.99. The number of hydrogen-bond acceptors (Lipinski definition) is 4. The van der Waals surface area contributed by atoms with Gasteiger partial charge in [-0.1, -0.05) is 42.5 Å². The minimum Gasteiger partial charge on any atom is -0.369 e. The average molecular weight is 497 g/mol. The van der Waals surface area contributed by atoms with E-state index in [4.69, 9.17) is 23.2 Å². The number of nitrogens with two attached hydrogens (primary N) is 2. The van der Waals surface area contributed by atoms with E-state index < -0.39 is 23.1 Å². The van der Waals surface area contributed by atoms with Gasteiger partial charge in [0, 0.05) is 19.7 Å². The molecule has 0 radical (unpaired) electrons. The number of nitrogens with zero attached hydrogens (tertiary/aromatic N) is 3. The van der Waals surface area contributed by atoms with Crippen LogP contribution in [-0.4, -0.2) is 23.1 Å². The number of guanidine groups is 1. The lowest BCUT2D eigenvalue weighted by Crippen LogP contribution is -2.49. The number of halogens is 5. The molecular formula is C23H25ClF4N6. The molecule has 6 nitrogen and oxygen atoms in total. The van der Waals surface area contributed by atoms with Gasteiger partial charge in [-0.05, 0) is 48.4 Å². The van der Waals surface area contributed by atoms with Crippen molar-refractivity contribution in [3.8, 4) is 0 Å². The van der Waals surface area contributed by atoms with E-state index in [0.717, 1.165) is 17.3 Å². The molecule has 0 spiro atoms. The second-order valence-corrected chi connectivity index (χ2v) is 7.76. The van der Waals surface area contributed by atoms with Crippen LogP contribution >= 0.6 is 11.6 Å². The summed E-state index contributed by atoms with van der Waals surface area (Å²) in [4.78, 5) is 8.81. The van der Waals surface area contributed by atoms with Gasteiger partial charge in [0.05, 0.1) is 16.3 Å². The number of hydrazine groups is 2. The topological polar surface area (TPSA) is 92.6 Å². The van der Waals surface area contributed by atoms with Crippen LogP contribution in [-0.2, 0) is 11.7 Å². The molecule has 11 heteroatoms. The first-order valence-electron chi connectivity index (χ1n) is 9.96. The predicted molar refractivity (Wildman–Crippen MR) is 126 cm³/mol. The lowest BCUT2D eigenvalue weighted by Gasteiger charge is -2.32. The fraction of sp³-hybridized carbons (Fsp3) is 0.217. The summed E-state index contributed by atoms with van der Waals surface area (Å²) in [6, 6.07) is 5.20. The van der Waals surface area contributed by atoms with Crippen LogP contribution in [0, 0.1) is 5.82 Å². The molecule has 182 valence electrons. The number of aliphatic imine (C=N–C) groups is 1. The molecule has 0 aliphatic carbocycles. The highest BCUT2D eigenvalue weighted by Gasteiger charge is 2.40. The molecule has 1 heterocycles. The zero-order valence-electron chi connectivity index (χ0n) is 18.6. The van der Waals surface area contributed by atoms with Crippen molar-refractivity contribution in [1.29, 1.82) is 0 Å². The van der Waals surface area contributed by atoms with E-state index in [1.54, 1.807) is 25.2 Å². The van der Waals surface area contributed by atoms with E-state index in [2.05, 4.69) is 22.0 Å². The Morgan fingerprint density at radius 1 is 1.26 bits per heavy atom. The zero-order valence-corrected chi connectivity index (χ0v) is 19.3. The third kappa shape index (κ3) is 6.89. The summed E-state index contributed by atoms with van der Waals surface area (Å²) in [7, 11) is 1.44. The first kappa shape index (κ1) is 27.0. The van der Waals surface area contributed by atoms with E-state index in [-0.39, 0.29) is 23.6 Å². The Balaban J connectivity index is 2.98. The summed E-state index contributed by atoms with van der Waals surface area (Å²) in [6.45, 7) is 5.45. The summed E-state index contributed by atoms with van der Waals surface area (Å²) in [6.07, 6.45) is 3.10. The maximum absolute atomic E-state index is 14.5. The number of allylic oxidation sites excluding steroid dienone is 4. The lowest BCUT2D eigenvalue weighted by molar-refractivity contribution is -0.137. The highest BCUT2D eigenvalue weighted by Crippen LogP contribution is 2.42. The summed E-state index contributed by atoms with van der Waals surface area (Å²) in [5.41, 5.74) is 6.38. The van der Waals surface area contributed by atoms with Crippen molar-refractivity contribution < 1.29 is 17.6 Å². The van der Waals surface area contributed by atoms with Crippen LogP contribution in [0.4, 0.5) is 17.6 Å². The van der Waals surface area contributed by atoms with Gasteiger partial charge in [0.2, 0.25) is 5.96 Å². The molecule has 0 aliphatic rings. The summed E-state index contributed by atoms with van der Waals surface area (Å²) < 4.78 is 55.3. The SMILES string of the molecule is C=C/C=C(\C=C/C)CC(N=C(N)NN(C)N)(c1cc(F)cc(C(F)(F)F)c1)c1ccc(Cl)cn1. The first-order chi connectivity index (χ1) is 15.9. The summed E-state index contributed by atoms with van der Waals surface area (Å²) in [5.74, 6) is 4.26. The highest BCUT2D eigenvalue weighted by molar-refractivity contribution is 6.30. The number of aromatic nitrogens is 1. The quantitative estimate of drug-likeness (QED) is 0.121. The minimum absolute atomic E-state index is 0.0462. The Kier molecular flexibility index (Phi) is 8.97. The van der Waals surface area contributed by atoms with Gasteiger partial charge >= 0.3 is 6.18 Å². The third-order valence-corrected chi connectivity index (χ3v) is 4.85. The molecule has 0 aliphatic heterocycles. The fourth-order valence-corrected chi connectivity index (χ4v) is 3.47. The number of rotatable bonds is 8. The molecule has 5 N–H and O–H groups in total. The van der Waals surface area contributed by atoms with Crippen molar-refractivity contribution in [3.05, 3.63) is 101 Å². The third-order valence-electron chi connectivity index (χ3n) is 4.63. The highest BCUT2D eigenvalue weighted by atomic mass is 35.5. The molecule has 0 bridgehead atoms. The van der Waals surface area contributed by atoms with Gasteiger partial charge in [-0.3, -0.25) is 16.3 Å². The zero-order chi connectivity index (χ0) is 25.5. The second-order valence-electron chi connectivity index (χ2n) is 7.32. The van der Waals surface area contributed by atoms with E-state index in [1.165, 1.54) is 31.5 Å². The number of benzene rings is 1. The first-order valence-corrected chi connectivity index (χ1v) is 10.3. The van der Waals surface area contributed by atoms with Crippen molar-refractivity contribution in [2.75, 3.05) is 7.05 Å².